The number of amides is 1. The summed E-state index contributed by atoms with van der Waals surface area (Å²) in [7, 11) is 0. The van der Waals surface area contributed by atoms with Gasteiger partial charge in [0.2, 0.25) is 5.91 Å². The fourth-order valence-electron chi connectivity index (χ4n) is 3.47. The number of aromatic amines is 1. The van der Waals surface area contributed by atoms with Gasteiger partial charge in [-0.25, -0.2) is 29.6 Å². The summed E-state index contributed by atoms with van der Waals surface area (Å²) in [5.41, 5.74) is 4.41. The second-order valence-corrected chi connectivity index (χ2v) is 7.69. The van der Waals surface area contributed by atoms with Crippen LogP contribution in [0.4, 0.5) is 30.4 Å². The van der Waals surface area contributed by atoms with E-state index in [0.29, 0.717) is 39.6 Å². The molecule has 4 heterocycles. The first-order chi connectivity index (χ1) is 17.3. The van der Waals surface area contributed by atoms with E-state index in [2.05, 4.69) is 45.6 Å². The fourth-order valence-corrected chi connectivity index (χ4v) is 3.47. The van der Waals surface area contributed by atoms with Gasteiger partial charge in [-0.15, -0.1) is 5.10 Å². The van der Waals surface area contributed by atoms with Crippen LogP contribution in [0.5, 0.6) is 0 Å². The number of carbonyl (C=O) groups excluding carboxylic acids is 1. The molecule has 14 heteroatoms. The van der Waals surface area contributed by atoms with Crippen molar-refractivity contribution in [3.8, 4) is 11.3 Å². The summed E-state index contributed by atoms with van der Waals surface area (Å²) in [5.74, 6) is -1.36. The lowest BCUT2D eigenvalue weighted by atomic mass is 10.1. The highest BCUT2D eigenvalue weighted by molar-refractivity contribution is 5.93. The smallest absolute Gasteiger partial charge is 0.339 e. The highest BCUT2D eigenvalue weighted by Crippen LogP contribution is 2.32. The second kappa shape index (κ2) is 9.05. The predicted octanol–water partition coefficient (Wildman–Crippen LogP) is 3.72. The van der Waals surface area contributed by atoms with Crippen LogP contribution >= 0.6 is 0 Å². The van der Waals surface area contributed by atoms with E-state index in [1.165, 1.54) is 12.7 Å². The molecule has 1 aromatic carbocycles. The van der Waals surface area contributed by atoms with Crippen LogP contribution in [0.2, 0.25) is 0 Å². The zero-order chi connectivity index (χ0) is 25.3. The highest BCUT2D eigenvalue weighted by Gasteiger charge is 2.35. The number of anilines is 3. The monoisotopic (exact) mass is 494 g/mol. The number of hydrogen-bond donors (Lipinski definition) is 3. The van der Waals surface area contributed by atoms with Gasteiger partial charge in [-0.05, 0) is 36.8 Å². The zero-order valence-corrected chi connectivity index (χ0v) is 18.6. The lowest BCUT2D eigenvalue weighted by molar-refractivity contribution is -0.145. The molecule has 0 saturated carbocycles. The van der Waals surface area contributed by atoms with Crippen molar-refractivity contribution in [2.24, 2.45) is 0 Å². The molecule has 0 aliphatic carbocycles. The molecule has 0 saturated heterocycles. The molecule has 0 atom stereocenters. The number of pyridine rings is 1. The third-order valence-electron chi connectivity index (χ3n) is 5.15. The number of carbonyl (C=O) groups is 1. The summed E-state index contributed by atoms with van der Waals surface area (Å²) in [5, 5.41) is 9.21. The van der Waals surface area contributed by atoms with E-state index in [1.54, 1.807) is 30.5 Å². The lowest BCUT2D eigenvalue weighted by Crippen LogP contribution is -2.20. The maximum atomic E-state index is 12.7. The molecule has 0 fully saturated rings. The number of rotatable bonds is 6. The molecule has 0 radical (unpaired) electrons. The van der Waals surface area contributed by atoms with Crippen molar-refractivity contribution in [2.45, 2.75) is 19.6 Å². The quantitative estimate of drug-likeness (QED) is 0.325. The van der Waals surface area contributed by atoms with E-state index >= 15 is 0 Å². The van der Waals surface area contributed by atoms with E-state index in [9.17, 15) is 18.0 Å². The Morgan fingerprint density at radius 3 is 2.78 bits per heavy atom. The number of H-pyrrole nitrogens is 1. The van der Waals surface area contributed by atoms with Crippen molar-refractivity contribution < 1.29 is 18.0 Å². The first-order valence-electron chi connectivity index (χ1n) is 10.5. The minimum Gasteiger partial charge on any atom is -0.339 e. The van der Waals surface area contributed by atoms with Crippen LogP contribution in [0.1, 0.15) is 11.4 Å². The van der Waals surface area contributed by atoms with E-state index < -0.39 is 24.5 Å². The Morgan fingerprint density at radius 2 is 1.97 bits per heavy atom. The number of aromatic nitrogens is 8. The number of aryl methyl sites for hydroxylation is 1. The van der Waals surface area contributed by atoms with Crippen molar-refractivity contribution in [2.75, 3.05) is 10.6 Å². The van der Waals surface area contributed by atoms with Gasteiger partial charge in [0, 0.05) is 23.1 Å². The van der Waals surface area contributed by atoms with E-state index in [0.717, 1.165) is 16.6 Å². The molecular formula is C22H17F3N10O. The summed E-state index contributed by atoms with van der Waals surface area (Å²) in [6.45, 7) is 1.44. The molecule has 4 aromatic heterocycles. The SMILES string of the molecule is Cc1ccc(NC(=O)Cn2cnc(C(F)(F)F)n2)cc1Nc1ncccc1-c1ncnc2[nH]cnc12. The van der Waals surface area contributed by atoms with Gasteiger partial charge in [0.25, 0.3) is 5.82 Å². The summed E-state index contributed by atoms with van der Waals surface area (Å²) in [6, 6.07) is 8.78. The molecule has 0 aliphatic heterocycles. The fraction of sp³-hybridized carbons (Fsp3) is 0.136. The predicted molar refractivity (Wildman–Crippen MR) is 123 cm³/mol. The van der Waals surface area contributed by atoms with Gasteiger partial charge in [-0.1, -0.05) is 6.07 Å². The normalized spacial score (nSPS) is 11.6. The van der Waals surface area contributed by atoms with Gasteiger partial charge >= 0.3 is 6.18 Å². The van der Waals surface area contributed by atoms with Crippen LogP contribution in [0.15, 0.2) is 55.5 Å². The number of fused-ring (bicyclic) bond motifs is 1. The van der Waals surface area contributed by atoms with Gasteiger partial charge in [0.15, 0.2) is 5.65 Å². The number of nitrogens with zero attached hydrogens (tertiary/aromatic N) is 7. The average molecular weight is 494 g/mol. The summed E-state index contributed by atoms with van der Waals surface area (Å²) < 4.78 is 38.9. The number of imidazole rings is 1. The minimum atomic E-state index is -4.68. The highest BCUT2D eigenvalue weighted by atomic mass is 19.4. The Labute approximate surface area is 200 Å². The first-order valence-corrected chi connectivity index (χ1v) is 10.5. The third kappa shape index (κ3) is 4.68. The van der Waals surface area contributed by atoms with Crippen molar-refractivity contribution in [3.63, 3.8) is 0 Å². The molecule has 11 nitrogen and oxygen atoms in total. The molecule has 0 unspecified atom stereocenters. The number of halogens is 3. The molecule has 5 aromatic rings. The van der Waals surface area contributed by atoms with E-state index in [1.807, 2.05) is 13.0 Å². The summed E-state index contributed by atoms with van der Waals surface area (Å²) in [4.78, 5) is 35.8. The zero-order valence-electron chi connectivity index (χ0n) is 18.6. The largest absolute Gasteiger partial charge is 0.453 e. The second-order valence-electron chi connectivity index (χ2n) is 7.69. The molecule has 1 amide bonds. The van der Waals surface area contributed by atoms with E-state index in [-0.39, 0.29) is 0 Å². The molecule has 0 bridgehead atoms. The molecule has 5 rings (SSSR count). The Morgan fingerprint density at radius 1 is 1.11 bits per heavy atom. The first kappa shape index (κ1) is 22.9. The molecular weight excluding hydrogens is 477 g/mol. The van der Waals surface area contributed by atoms with Crippen molar-refractivity contribution in [1.29, 1.82) is 0 Å². The van der Waals surface area contributed by atoms with Crippen LogP contribution in [-0.4, -0.2) is 45.6 Å². The average Bonchev–Trinajstić information content (AvgIpc) is 3.51. The number of alkyl halides is 3. The molecule has 3 N–H and O–H groups in total. The van der Waals surface area contributed by atoms with Gasteiger partial charge in [0.05, 0.1) is 6.33 Å². The van der Waals surface area contributed by atoms with Gasteiger partial charge < -0.3 is 15.6 Å². The molecule has 0 spiro atoms. The molecule has 0 aliphatic rings. The van der Waals surface area contributed by atoms with Gasteiger partial charge in [-0.2, -0.15) is 13.2 Å². The van der Waals surface area contributed by atoms with Crippen molar-refractivity contribution in [1.82, 2.24) is 39.7 Å². The topological polar surface area (TPSA) is 139 Å². The van der Waals surface area contributed by atoms with Crippen LogP contribution in [-0.2, 0) is 17.5 Å². The third-order valence-corrected chi connectivity index (χ3v) is 5.15. The molecule has 36 heavy (non-hydrogen) atoms. The molecule has 182 valence electrons. The van der Waals surface area contributed by atoms with Crippen molar-refractivity contribution in [3.05, 3.63) is 66.9 Å². The van der Waals surface area contributed by atoms with Crippen LogP contribution in [0.3, 0.4) is 0 Å². The Bertz CT molecular complexity index is 1560. The number of nitrogens with one attached hydrogen (secondary N) is 3. The maximum Gasteiger partial charge on any atom is 0.453 e. The lowest BCUT2D eigenvalue weighted by Gasteiger charge is -2.14. The minimum absolute atomic E-state index is 0.429. The summed E-state index contributed by atoms with van der Waals surface area (Å²) >= 11 is 0. The van der Waals surface area contributed by atoms with Crippen LogP contribution < -0.4 is 10.6 Å². The van der Waals surface area contributed by atoms with E-state index in [4.69, 9.17) is 0 Å². The Balaban J connectivity index is 1.36. The Hall–Kier alpha value is -4.88. The van der Waals surface area contributed by atoms with Gasteiger partial charge in [-0.3, -0.25) is 4.79 Å². The van der Waals surface area contributed by atoms with Crippen LogP contribution in [0.25, 0.3) is 22.4 Å². The standard InChI is InChI=1S/C22H17F3N10O/c1-12-4-5-13(32-16(36)8-35-11-31-21(34-35)22(23,24)25)7-15(12)33-19-14(3-2-6-26-19)17-18-20(29-9-27-17)30-10-28-18/h2-7,9-11H,8H2,1H3,(H,26,33)(H,32,36)(H,27,28,29,30). The maximum absolute atomic E-state index is 12.7. The number of hydrogen-bond acceptors (Lipinski definition) is 8. The summed E-state index contributed by atoms with van der Waals surface area (Å²) in [6.07, 6.45) is 0.768. The van der Waals surface area contributed by atoms with Crippen LogP contribution in [0, 0.1) is 6.92 Å². The van der Waals surface area contributed by atoms with Gasteiger partial charge in [0.1, 0.15) is 36.2 Å². The Kier molecular flexibility index (Phi) is 5.76. The number of benzene rings is 1. The van der Waals surface area contributed by atoms with Crippen molar-refractivity contribution >= 4 is 34.3 Å².